The fourth-order valence-electron chi connectivity index (χ4n) is 2.93. The first-order chi connectivity index (χ1) is 10.4. The van der Waals surface area contributed by atoms with Crippen LogP contribution >= 0.6 is 0 Å². The Morgan fingerprint density at radius 1 is 1.13 bits per heavy atom. The van der Waals surface area contributed by atoms with Crippen LogP contribution in [0.5, 0.6) is 0 Å². The monoisotopic (exact) mass is 363 g/mol. The lowest BCUT2D eigenvalue weighted by Crippen LogP contribution is -2.29. The molecule has 130 valence electrons. The van der Waals surface area contributed by atoms with Gasteiger partial charge < -0.3 is 4.90 Å². The van der Waals surface area contributed by atoms with Crippen molar-refractivity contribution in [2.75, 3.05) is 23.7 Å². The van der Waals surface area contributed by atoms with Crippen molar-refractivity contribution in [1.29, 1.82) is 0 Å². The SMILES string of the molecule is CC1(C)CN(CCCCS(=O)(=O)O)c2ccc(S(=O)(=O)O)cc21. The van der Waals surface area contributed by atoms with Crippen LogP contribution in [0.3, 0.4) is 0 Å². The van der Waals surface area contributed by atoms with Gasteiger partial charge in [-0.25, -0.2) is 0 Å². The first kappa shape index (κ1) is 18.2. The van der Waals surface area contributed by atoms with Crippen molar-refractivity contribution in [2.24, 2.45) is 0 Å². The van der Waals surface area contributed by atoms with E-state index in [9.17, 15) is 21.4 Å². The van der Waals surface area contributed by atoms with Gasteiger partial charge in [-0.15, -0.1) is 0 Å². The summed E-state index contributed by atoms with van der Waals surface area (Å²) < 4.78 is 61.9. The van der Waals surface area contributed by atoms with E-state index in [1.807, 2.05) is 13.8 Å². The third-order valence-corrected chi connectivity index (χ3v) is 5.66. The number of fused-ring (bicyclic) bond motifs is 1. The third-order valence-electron chi connectivity index (χ3n) is 4.00. The lowest BCUT2D eigenvalue weighted by Gasteiger charge is -2.22. The van der Waals surface area contributed by atoms with Crippen LogP contribution in [0.15, 0.2) is 23.1 Å². The van der Waals surface area contributed by atoms with Gasteiger partial charge in [0.2, 0.25) is 0 Å². The molecule has 7 nitrogen and oxygen atoms in total. The highest BCUT2D eigenvalue weighted by Gasteiger charge is 2.35. The topological polar surface area (TPSA) is 112 Å². The van der Waals surface area contributed by atoms with E-state index in [0.29, 0.717) is 25.9 Å². The molecule has 0 spiro atoms. The van der Waals surface area contributed by atoms with E-state index in [0.717, 1.165) is 11.3 Å². The summed E-state index contributed by atoms with van der Waals surface area (Å²) in [5.74, 6) is -0.265. The number of hydrogen-bond acceptors (Lipinski definition) is 5. The van der Waals surface area contributed by atoms with Gasteiger partial charge in [0, 0.05) is 24.2 Å². The Kier molecular flexibility index (Phi) is 4.78. The lowest BCUT2D eigenvalue weighted by molar-refractivity contribution is 0.478. The van der Waals surface area contributed by atoms with E-state index < -0.39 is 20.2 Å². The Balaban J connectivity index is 2.16. The maximum Gasteiger partial charge on any atom is 0.294 e. The molecule has 1 heterocycles. The van der Waals surface area contributed by atoms with Crippen LogP contribution in [0, 0.1) is 0 Å². The van der Waals surface area contributed by atoms with Crippen molar-refractivity contribution in [3.05, 3.63) is 23.8 Å². The second kappa shape index (κ2) is 6.04. The van der Waals surface area contributed by atoms with Crippen molar-refractivity contribution in [2.45, 2.75) is 37.0 Å². The second-order valence-electron chi connectivity index (χ2n) is 6.45. The number of benzene rings is 1. The molecule has 0 aliphatic carbocycles. The highest BCUT2D eigenvalue weighted by Crippen LogP contribution is 2.41. The van der Waals surface area contributed by atoms with Crippen LogP contribution in [-0.2, 0) is 25.7 Å². The first-order valence-corrected chi connectivity index (χ1v) is 10.3. The zero-order chi connectivity index (χ0) is 17.5. The largest absolute Gasteiger partial charge is 0.370 e. The molecule has 0 fully saturated rings. The van der Waals surface area contributed by atoms with Gasteiger partial charge in [0.1, 0.15) is 0 Å². The maximum absolute atomic E-state index is 11.3. The molecule has 0 saturated carbocycles. The maximum atomic E-state index is 11.3. The van der Waals surface area contributed by atoms with Gasteiger partial charge in [-0.3, -0.25) is 9.11 Å². The van der Waals surface area contributed by atoms with Gasteiger partial charge in [-0.05, 0) is 36.6 Å². The van der Waals surface area contributed by atoms with Crippen molar-refractivity contribution in [1.82, 2.24) is 0 Å². The summed E-state index contributed by atoms with van der Waals surface area (Å²) in [4.78, 5) is 1.94. The summed E-state index contributed by atoms with van der Waals surface area (Å²) >= 11 is 0. The quantitative estimate of drug-likeness (QED) is 0.584. The van der Waals surface area contributed by atoms with Crippen LogP contribution in [0.2, 0.25) is 0 Å². The van der Waals surface area contributed by atoms with E-state index in [4.69, 9.17) is 4.55 Å². The smallest absolute Gasteiger partial charge is 0.294 e. The Morgan fingerprint density at radius 2 is 1.78 bits per heavy atom. The molecule has 0 aromatic heterocycles. The molecular weight excluding hydrogens is 342 g/mol. The summed E-state index contributed by atoms with van der Waals surface area (Å²) in [5.41, 5.74) is 1.44. The second-order valence-corrected chi connectivity index (χ2v) is 9.45. The predicted octanol–water partition coefficient (Wildman–Crippen LogP) is 1.70. The molecule has 23 heavy (non-hydrogen) atoms. The summed E-state index contributed by atoms with van der Waals surface area (Å²) in [6, 6.07) is 4.51. The summed E-state index contributed by atoms with van der Waals surface area (Å²) in [7, 11) is -8.18. The molecule has 0 unspecified atom stereocenters. The molecule has 1 aromatic rings. The normalized spacial score (nSPS) is 17.3. The lowest BCUT2D eigenvalue weighted by atomic mass is 9.87. The van der Waals surface area contributed by atoms with Crippen LogP contribution in [0.1, 0.15) is 32.3 Å². The summed E-state index contributed by atoms with van der Waals surface area (Å²) in [6.45, 7) is 5.25. The molecule has 1 aliphatic heterocycles. The summed E-state index contributed by atoms with van der Waals surface area (Å²) in [6.07, 6.45) is 0.948. The van der Waals surface area contributed by atoms with Gasteiger partial charge in [0.15, 0.2) is 0 Å². The van der Waals surface area contributed by atoms with E-state index in [2.05, 4.69) is 4.90 Å². The predicted molar refractivity (Wildman–Crippen MR) is 87.1 cm³/mol. The number of rotatable bonds is 6. The zero-order valence-corrected chi connectivity index (χ0v) is 14.7. The molecule has 2 N–H and O–H groups in total. The van der Waals surface area contributed by atoms with Crippen molar-refractivity contribution in [3.8, 4) is 0 Å². The van der Waals surface area contributed by atoms with E-state index in [1.165, 1.54) is 12.1 Å². The summed E-state index contributed by atoms with van der Waals surface area (Å²) in [5, 5.41) is 0. The van der Waals surface area contributed by atoms with Gasteiger partial charge in [-0.2, -0.15) is 16.8 Å². The number of unbranched alkanes of at least 4 members (excludes halogenated alkanes) is 1. The van der Waals surface area contributed by atoms with Crippen LogP contribution in [0.25, 0.3) is 0 Å². The fourth-order valence-corrected chi connectivity index (χ4v) is 4.00. The molecule has 0 bridgehead atoms. The fraction of sp³-hybridized carbons (Fsp3) is 0.571. The van der Waals surface area contributed by atoms with E-state index in [1.54, 1.807) is 6.07 Å². The van der Waals surface area contributed by atoms with Crippen molar-refractivity contribution >= 4 is 25.9 Å². The van der Waals surface area contributed by atoms with Gasteiger partial charge in [0.25, 0.3) is 20.2 Å². The molecule has 0 atom stereocenters. The van der Waals surface area contributed by atoms with E-state index in [-0.39, 0.29) is 16.1 Å². The minimum absolute atomic E-state index is 0.127. The molecule has 1 aromatic carbocycles. The molecular formula is C14H21NO6S2. The van der Waals surface area contributed by atoms with Crippen LogP contribution in [0.4, 0.5) is 5.69 Å². The van der Waals surface area contributed by atoms with Gasteiger partial charge in [-0.1, -0.05) is 13.8 Å². The van der Waals surface area contributed by atoms with Gasteiger partial charge in [0.05, 0.1) is 10.6 Å². The molecule has 2 rings (SSSR count). The minimum Gasteiger partial charge on any atom is -0.370 e. The Hall–Kier alpha value is -1.16. The zero-order valence-electron chi connectivity index (χ0n) is 13.1. The minimum atomic E-state index is -4.24. The van der Waals surface area contributed by atoms with Crippen LogP contribution in [-0.4, -0.2) is 44.8 Å². The number of hydrogen-bond donors (Lipinski definition) is 2. The first-order valence-electron chi connectivity index (χ1n) is 7.22. The average molecular weight is 363 g/mol. The molecule has 0 radical (unpaired) electrons. The standard InChI is InChI=1S/C14H21NO6S2/c1-14(2)10-15(7-3-4-8-22(16,17)18)13-6-5-11(9-12(13)14)23(19,20)21/h5-6,9H,3-4,7-8,10H2,1-2H3,(H,16,17,18)(H,19,20,21). The van der Waals surface area contributed by atoms with Crippen molar-refractivity contribution in [3.63, 3.8) is 0 Å². The number of nitrogens with zero attached hydrogens (tertiary/aromatic N) is 1. The van der Waals surface area contributed by atoms with Crippen molar-refractivity contribution < 1.29 is 25.9 Å². The van der Waals surface area contributed by atoms with Crippen LogP contribution < -0.4 is 4.90 Å². The average Bonchev–Trinajstić information content (AvgIpc) is 2.64. The molecule has 1 aliphatic rings. The number of anilines is 1. The third kappa shape index (κ3) is 4.43. The molecule has 0 amide bonds. The highest BCUT2D eigenvalue weighted by atomic mass is 32.2. The Labute approximate surface area is 136 Å². The van der Waals surface area contributed by atoms with Gasteiger partial charge >= 0.3 is 0 Å². The van der Waals surface area contributed by atoms with E-state index >= 15 is 0 Å². The molecule has 9 heteroatoms. The molecule has 0 saturated heterocycles. The highest BCUT2D eigenvalue weighted by molar-refractivity contribution is 7.86. The Morgan fingerprint density at radius 3 is 2.35 bits per heavy atom. The Bertz CT molecular complexity index is 799.